The van der Waals surface area contributed by atoms with Gasteiger partial charge in [-0.1, -0.05) is 32.4 Å². The van der Waals surface area contributed by atoms with Gasteiger partial charge in [0.25, 0.3) is 0 Å². The van der Waals surface area contributed by atoms with E-state index in [1.807, 2.05) is 18.2 Å². The highest BCUT2D eigenvalue weighted by molar-refractivity contribution is 5.72. The van der Waals surface area contributed by atoms with Crippen molar-refractivity contribution in [3.8, 4) is 17.3 Å². The molecule has 2 aromatic rings. The van der Waals surface area contributed by atoms with Gasteiger partial charge < -0.3 is 10.3 Å². The lowest BCUT2D eigenvalue weighted by atomic mass is 10.1. The van der Waals surface area contributed by atoms with Crippen molar-refractivity contribution in [1.29, 1.82) is 5.26 Å². The second-order valence-corrected chi connectivity index (χ2v) is 4.81. The third kappa shape index (κ3) is 2.67. The molecule has 4 heteroatoms. The molecule has 0 spiro atoms. The van der Waals surface area contributed by atoms with Gasteiger partial charge in [0, 0.05) is 18.5 Å². The number of nitriles is 1. The van der Waals surface area contributed by atoms with Crippen molar-refractivity contribution in [1.82, 2.24) is 9.55 Å². The Morgan fingerprint density at radius 2 is 2.15 bits per heavy atom. The quantitative estimate of drug-likeness (QED) is 0.904. The Labute approximate surface area is 119 Å². The minimum atomic E-state index is 0.628. The van der Waals surface area contributed by atoms with E-state index >= 15 is 0 Å². The van der Waals surface area contributed by atoms with Crippen LogP contribution in [0.2, 0.25) is 0 Å². The number of nitrogens with zero attached hydrogens (tertiary/aromatic N) is 3. The number of nitrogens with two attached hydrogens (primary N) is 1. The van der Waals surface area contributed by atoms with Gasteiger partial charge in [-0.3, -0.25) is 0 Å². The molecule has 0 saturated carbocycles. The minimum Gasteiger partial charge on any atom is -0.383 e. The third-order valence-corrected chi connectivity index (χ3v) is 3.40. The van der Waals surface area contributed by atoms with Crippen molar-refractivity contribution in [2.45, 2.75) is 39.7 Å². The summed E-state index contributed by atoms with van der Waals surface area (Å²) in [6.07, 6.45) is 3.07. The van der Waals surface area contributed by atoms with Gasteiger partial charge >= 0.3 is 0 Å². The highest BCUT2D eigenvalue weighted by Gasteiger charge is 2.15. The number of anilines is 1. The van der Waals surface area contributed by atoms with E-state index in [0.29, 0.717) is 11.4 Å². The number of aromatic nitrogens is 2. The summed E-state index contributed by atoms with van der Waals surface area (Å²) in [7, 11) is 0. The first-order chi connectivity index (χ1) is 9.71. The smallest absolute Gasteiger partial charge is 0.131 e. The average molecular weight is 268 g/mol. The lowest BCUT2D eigenvalue weighted by molar-refractivity contribution is 0.612. The van der Waals surface area contributed by atoms with Crippen molar-refractivity contribution < 1.29 is 0 Å². The predicted octanol–water partition coefficient (Wildman–Crippen LogP) is 3.37. The maximum atomic E-state index is 8.99. The summed E-state index contributed by atoms with van der Waals surface area (Å²) in [4.78, 5) is 4.66. The number of nitrogen functional groups attached to an aromatic ring is 1. The largest absolute Gasteiger partial charge is 0.383 e. The van der Waals surface area contributed by atoms with E-state index in [9.17, 15) is 0 Å². The number of aryl methyl sites for hydroxylation is 1. The van der Waals surface area contributed by atoms with Gasteiger partial charge in [-0.25, -0.2) is 4.98 Å². The Balaban J connectivity index is 2.46. The molecule has 0 saturated heterocycles. The van der Waals surface area contributed by atoms with Gasteiger partial charge in [0.15, 0.2) is 0 Å². The van der Waals surface area contributed by atoms with Crippen LogP contribution in [0.15, 0.2) is 24.3 Å². The van der Waals surface area contributed by atoms with Gasteiger partial charge in [-0.15, -0.1) is 0 Å². The first-order valence-electron chi connectivity index (χ1n) is 7.06. The summed E-state index contributed by atoms with van der Waals surface area (Å²) in [5.41, 5.74) is 8.59. The van der Waals surface area contributed by atoms with Crippen LogP contribution < -0.4 is 5.73 Å². The van der Waals surface area contributed by atoms with E-state index in [1.165, 1.54) is 0 Å². The molecule has 1 heterocycles. The first-order valence-corrected chi connectivity index (χ1v) is 7.06. The molecule has 0 unspecified atom stereocenters. The van der Waals surface area contributed by atoms with Crippen LogP contribution in [0.1, 0.15) is 38.1 Å². The van der Waals surface area contributed by atoms with Crippen molar-refractivity contribution in [3.05, 3.63) is 35.7 Å². The van der Waals surface area contributed by atoms with Gasteiger partial charge in [0.1, 0.15) is 17.3 Å². The fourth-order valence-corrected chi connectivity index (χ4v) is 2.30. The monoisotopic (exact) mass is 268 g/mol. The van der Waals surface area contributed by atoms with Crippen molar-refractivity contribution >= 4 is 5.82 Å². The molecule has 2 N–H and O–H groups in total. The van der Waals surface area contributed by atoms with Crippen LogP contribution in [-0.2, 0) is 13.0 Å². The normalized spacial score (nSPS) is 10.4. The first kappa shape index (κ1) is 14.1. The van der Waals surface area contributed by atoms with Crippen LogP contribution in [-0.4, -0.2) is 9.55 Å². The Hall–Kier alpha value is -2.28. The van der Waals surface area contributed by atoms with Gasteiger partial charge in [-0.2, -0.15) is 5.26 Å². The predicted molar refractivity (Wildman–Crippen MR) is 81.1 cm³/mol. The van der Waals surface area contributed by atoms with Gasteiger partial charge in [0.05, 0.1) is 11.6 Å². The zero-order valence-corrected chi connectivity index (χ0v) is 12.1. The van der Waals surface area contributed by atoms with Crippen LogP contribution in [0.4, 0.5) is 5.82 Å². The minimum absolute atomic E-state index is 0.628. The Bertz CT molecular complexity index is 634. The number of hydrogen-bond donors (Lipinski definition) is 1. The molecule has 20 heavy (non-hydrogen) atoms. The van der Waals surface area contributed by atoms with E-state index in [1.54, 1.807) is 6.07 Å². The molecule has 0 aliphatic heterocycles. The number of unbranched alkanes of at least 4 members (excludes halogenated alkanes) is 1. The molecule has 0 radical (unpaired) electrons. The summed E-state index contributed by atoms with van der Waals surface area (Å²) in [6.45, 7) is 5.15. The second-order valence-electron chi connectivity index (χ2n) is 4.81. The molecule has 4 nitrogen and oxygen atoms in total. The summed E-state index contributed by atoms with van der Waals surface area (Å²) < 4.78 is 2.10. The van der Waals surface area contributed by atoms with Gasteiger partial charge in [-0.05, 0) is 18.6 Å². The fraction of sp³-hybridized carbons (Fsp3) is 0.375. The third-order valence-electron chi connectivity index (χ3n) is 3.40. The van der Waals surface area contributed by atoms with Crippen LogP contribution in [0.3, 0.4) is 0 Å². The van der Waals surface area contributed by atoms with E-state index in [2.05, 4.69) is 29.5 Å². The van der Waals surface area contributed by atoms with Crippen LogP contribution >= 0.6 is 0 Å². The zero-order valence-electron chi connectivity index (χ0n) is 12.1. The molecule has 0 atom stereocenters. The summed E-state index contributed by atoms with van der Waals surface area (Å²) in [5.74, 6) is 1.71. The van der Waals surface area contributed by atoms with Crippen molar-refractivity contribution in [2.75, 3.05) is 5.73 Å². The lowest BCUT2D eigenvalue weighted by Gasteiger charge is -2.07. The average Bonchev–Trinajstić information content (AvgIpc) is 2.81. The Morgan fingerprint density at radius 1 is 1.35 bits per heavy atom. The standard InChI is InChI=1S/C16H20N4/c1-3-5-9-20-14(4-2)19-15(16(20)18)13-8-6-7-12(10-13)11-17/h6-8,10H,3-5,9,18H2,1-2H3. The SMILES string of the molecule is CCCCn1c(CC)nc(-c2cccc(C#N)c2)c1N. The number of benzene rings is 1. The molecular weight excluding hydrogens is 248 g/mol. The zero-order chi connectivity index (χ0) is 14.5. The molecule has 1 aromatic carbocycles. The number of hydrogen-bond acceptors (Lipinski definition) is 3. The Kier molecular flexibility index (Phi) is 4.41. The maximum absolute atomic E-state index is 8.99. The Morgan fingerprint density at radius 3 is 2.80 bits per heavy atom. The molecule has 0 aliphatic rings. The fourth-order valence-electron chi connectivity index (χ4n) is 2.30. The summed E-state index contributed by atoms with van der Waals surface area (Å²) in [6, 6.07) is 9.59. The van der Waals surface area contributed by atoms with Crippen molar-refractivity contribution in [2.24, 2.45) is 0 Å². The molecular formula is C16H20N4. The molecule has 0 fully saturated rings. The van der Waals surface area contributed by atoms with Crippen LogP contribution in [0.25, 0.3) is 11.3 Å². The van der Waals surface area contributed by atoms with Crippen molar-refractivity contribution in [3.63, 3.8) is 0 Å². The number of imidazole rings is 1. The molecule has 0 aliphatic carbocycles. The van der Waals surface area contributed by atoms with E-state index in [4.69, 9.17) is 11.0 Å². The molecule has 0 amide bonds. The van der Waals surface area contributed by atoms with E-state index in [0.717, 1.165) is 42.9 Å². The van der Waals surface area contributed by atoms with E-state index in [-0.39, 0.29) is 0 Å². The maximum Gasteiger partial charge on any atom is 0.131 e. The summed E-state index contributed by atoms with van der Waals surface area (Å²) in [5, 5.41) is 8.99. The summed E-state index contributed by atoms with van der Waals surface area (Å²) >= 11 is 0. The van der Waals surface area contributed by atoms with Crippen LogP contribution in [0.5, 0.6) is 0 Å². The molecule has 2 rings (SSSR count). The molecule has 1 aromatic heterocycles. The highest BCUT2D eigenvalue weighted by Crippen LogP contribution is 2.27. The molecule has 104 valence electrons. The second kappa shape index (κ2) is 6.25. The number of rotatable bonds is 5. The van der Waals surface area contributed by atoms with E-state index < -0.39 is 0 Å². The lowest BCUT2D eigenvalue weighted by Crippen LogP contribution is -2.06. The van der Waals surface area contributed by atoms with Crippen LogP contribution in [0, 0.1) is 11.3 Å². The highest BCUT2D eigenvalue weighted by atomic mass is 15.1. The van der Waals surface area contributed by atoms with Gasteiger partial charge in [0.2, 0.25) is 0 Å². The molecule has 0 bridgehead atoms. The topological polar surface area (TPSA) is 67.6 Å².